The van der Waals surface area contributed by atoms with Crippen molar-refractivity contribution in [3.63, 3.8) is 0 Å². The summed E-state index contributed by atoms with van der Waals surface area (Å²) in [6, 6.07) is 9.28. The quantitative estimate of drug-likeness (QED) is 0.616. The zero-order valence-electron chi connectivity index (χ0n) is 17.5. The summed E-state index contributed by atoms with van der Waals surface area (Å²) in [4.78, 5) is 9.74. The van der Waals surface area contributed by atoms with E-state index >= 15 is 0 Å². The molecular weight excluding hydrogens is 336 g/mol. The molecule has 150 valence electrons. The van der Waals surface area contributed by atoms with Crippen molar-refractivity contribution in [3.8, 4) is 0 Å². The van der Waals surface area contributed by atoms with Gasteiger partial charge in [0.1, 0.15) is 0 Å². The van der Waals surface area contributed by atoms with Crippen LogP contribution in [-0.2, 0) is 11.2 Å². The van der Waals surface area contributed by atoms with E-state index in [1.165, 1.54) is 24.0 Å². The third-order valence-corrected chi connectivity index (χ3v) is 6.07. The van der Waals surface area contributed by atoms with Gasteiger partial charge in [-0.05, 0) is 51.4 Å². The topological polar surface area (TPSA) is 40.1 Å². The van der Waals surface area contributed by atoms with Gasteiger partial charge < -0.3 is 19.9 Å². The molecule has 1 aromatic carbocycles. The predicted octanol–water partition coefficient (Wildman–Crippen LogP) is 2.93. The zero-order valence-corrected chi connectivity index (χ0v) is 17.5. The lowest BCUT2D eigenvalue weighted by molar-refractivity contribution is 0.156. The molecule has 2 saturated heterocycles. The van der Waals surface area contributed by atoms with Crippen LogP contribution in [0.2, 0.25) is 0 Å². The molecule has 2 heterocycles. The van der Waals surface area contributed by atoms with Crippen molar-refractivity contribution < 1.29 is 4.74 Å². The van der Waals surface area contributed by atoms with Crippen molar-refractivity contribution in [3.05, 3.63) is 35.4 Å². The first-order chi connectivity index (χ1) is 13.1. The third kappa shape index (κ3) is 4.82. The van der Waals surface area contributed by atoms with Gasteiger partial charge in [-0.3, -0.25) is 4.99 Å². The molecule has 2 aliphatic heterocycles. The molecule has 1 spiro atoms. The molecule has 0 aliphatic carbocycles. The average Bonchev–Trinajstić information content (AvgIpc) is 3.31. The Hall–Kier alpha value is -1.59. The number of hydrogen-bond acceptors (Lipinski definition) is 3. The van der Waals surface area contributed by atoms with Crippen LogP contribution in [0.3, 0.4) is 0 Å². The van der Waals surface area contributed by atoms with Crippen LogP contribution in [0.4, 0.5) is 0 Å². The summed E-state index contributed by atoms with van der Waals surface area (Å²) in [5.74, 6) is 1.05. The Morgan fingerprint density at radius 3 is 2.63 bits per heavy atom. The standard InChI is InChI=1S/C22H36N4O/c1-5-18-7-9-19(10-8-18)20(25(3)4)15-24-21(23-6-2)26-13-11-22(16-26)12-14-27-17-22/h7-10,20H,5-6,11-17H2,1-4H3,(H,23,24). The van der Waals surface area contributed by atoms with Gasteiger partial charge in [-0.2, -0.15) is 0 Å². The summed E-state index contributed by atoms with van der Waals surface area (Å²) in [5.41, 5.74) is 3.07. The SMILES string of the molecule is CCNC(=NCC(c1ccc(CC)cc1)N(C)C)N1CCC2(CCOC2)C1. The molecule has 5 nitrogen and oxygen atoms in total. The molecule has 2 unspecified atom stereocenters. The number of rotatable bonds is 6. The van der Waals surface area contributed by atoms with E-state index in [1.54, 1.807) is 0 Å². The first-order valence-electron chi connectivity index (χ1n) is 10.4. The number of guanidine groups is 1. The van der Waals surface area contributed by atoms with Crippen LogP contribution in [0.5, 0.6) is 0 Å². The maximum Gasteiger partial charge on any atom is 0.194 e. The van der Waals surface area contributed by atoms with Gasteiger partial charge >= 0.3 is 0 Å². The van der Waals surface area contributed by atoms with E-state index in [9.17, 15) is 0 Å². The van der Waals surface area contributed by atoms with Gasteiger partial charge in [0.2, 0.25) is 0 Å². The Morgan fingerprint density at radius 1 is 1.26 bits per heavy atom. The Kier molecular flexibility index (Phi) is 6.77. The van der Waals surface area contributed by atoms with E-state index in [1.807, 2.05) is 0 Å². The average molecular weight is 373 g/mol. The molecule has 1 aromatic rings. The minimum Gasteiger partial charge on any atom is -0.381 e. The summed E-state index contributed by atoms with van der Waals surface area (Å²) in [7, 11) is 4.28. The number of benzene rings is 1. The maximum atomic E-state index is 5.68. The van der Waals surface area contributed by atoms with Crippen LogP contribution in [0.15, 0.2) is 29.3 Å². The lowest BCUT2D eigenvalue weighted by Crippen LogP contribution is -2.42. The Labute approximate surface area is 164 Å². The second kappa shape index (κ2) is 9.07. The van der Waals surface area contributed by atoms with E-state index in [4.69, 9.17) is 9.73 Å². The van der Waals surface area contributed by atoms with Gasteiger partial charge in [0.15, 0.2) is 5.96 Å². The molecule has 0 bridgehead atoms. The smallest absolute Gasteiger partial charge is 0.194 e. The lowest BCUT2D eigenvalue weighted by Gasteiger charge is -2.27. The zero-order chi connectivity index (χ0) is 19.3. The number of aliphatic imine (C=N–C) groups is 1. The first-order valence-corrected chi connectivity index (χ1v) is 10.4. The van der Waals surface area contributed by atoms with Gasteiger partial charge in [0.05, 0.1) is 19.2 Å². The van der Waals surface area contributed by atoms with Crippen molar-refractivity contribution in [2.75, 3.05) is 53.5 Å². The van der Waals surface area contributed by atoms with E-state index in [-0.39, 0.29) is 6.04 Å². The molecule has 0 aromatic heterocycles. The van der Waals surface area contributed by atoms with Gasteiger partial charge in [0, 0.05) is 31.7 Å². The highest BCUT2D eigenvalue weighted by Crippen LogP contribution is 2.38. The summed E-state index contributed by atoms with van der Waals surface area (Å²) < 4.78 is 5.68. The molecule has 0 amide bonds. The van der Waals surface area contributed by atoms with Crippen molar-refractivity contribution in [2.24, 2.45) is 10.4 Å². The van der Waals surface area contributed by atoms with Crippen LogP contribution in [0.25, 0.3) is 0 Å². The van der Waals surface area contributed by atoms with Crippen molar-refractivity contribution in [2.45, 2.75) is 39.2 Å². The number of likely N-dealkylation sites (N-methyl/N-ethyl adjacent to an activating group) is 1. The second-order valence-electron chi connectivity index (χ2n) is 8.24. The highest BCUT2D eigenvalue weighted by molar-refractivity contribution is 5.80. The first kappa shape index (κ1) is 20.2. The fourth-order valence-corrected chi connectivity index (χ4v) is 4.23. The number of nitrogens with zero attached hydrogens (tertiary/aromatic N) is 3. The molecule has 0 saturated carbocycles. The molecule has 2 fully saturated rings. The minimum atomic E-state index is 0.288. The van der Waals surface area contributed by atoms with E-state index in [2.05, 4.69) is 67.3 Å². The molecule has 27 heavy (non-hydrogen) atoms. The van der Waals surface area contributed by atoms with Crippen molar-refractivity contribution in [1.29, 1.82) is 0 Å². The highest BCUT2D eigenvalue weighted by Gasteiger charge is 2.42. The van der Waals surface area contributed by atoms with E-state index in [0.717, 1.165) is 51.8 Å². The fraction of sp³-hybridized carbons (Fsp3) is 0.682. The Balaban J connectivity index is 1.71. The molecule has 1 N–H and O–H groups in total. The second-order valence-corrected chi connectivity index (χ2v) is 8.24. The Morgan fingerprint density at radius 2 is 2.04 bits per heavy atom. The van der Waals surface area contributed by atoms with E-state index in [0.29, 0.717) is 5.41 Å². The van der Waals surface area contributed by atoms with Crippen molar-refractivity contribution >= 4 is 5.96 Å². The normalized spacial score (nSPS) is 24.2. The van der Waals surface area contributed by atoms with Gasteiger partial charge in [-0.25, -0.2) is 0 Å². The summed E-state index contributed by atoms with van der Waals surface area (Å²) >= 11 is 0. The third-order valence-electron chi connectivity index (χ3n) is 6.07. The lowest BCUT2D eigenvalue weighted by atomic mass is 9.87. The van der Waals surface area contributed by atoms with Crippen LogP contribution >= 0.6 is 0 Å². The molecule has 0 radical (unpaired) electrons. The molecule has 5 heteroatoms. The molecule has 2 atom stereocenters. The Bertz CT molecular complexity index is 620. The monoisotopic (exact) mass is 372 g/mol. The van der Waals surface area contributed by atoms with E-state index < -0.39 is 0 Å². The molecule has 2 aliphatic rings. The number of aryl methyl sites for hydroxylation is 1. The predicted molar refractivity (Wildman–Crippen MR) is 112 cm³/mol. The van der Waals surface area contributed by atoms with Crippen LogP contribution in [0.1, 0.15) is 43.9 Å². The van der Waals surface area contributed by atoms with Gasteiger partial charge in [-0.1, -0.05) is 31.2 Å². The van der Waals surface area contributed by atoms with Gasteiger partial charge in [-0.15, -0.1) is 0 Å². The number of ether oxygens (including phenoxy) is 1. The summed E-state index contributed by atoms with van der Waals surface area (Å²) in [6.07, 6.45) is 3.48. The number of nitrogens with one attached hydrogen (secondary N) is 1. The number of hydrogen-bond donors (Lipinski definition) is 1. The van der Waals surface area contributed by atoms with Gasteiger partial charge in [0.25, 0.3) is 0 Å². The largest absolute Gasteiger partial charge is 0.381 e. The molecule has 3 rings (SSSR count). The van der Waals surface area contributed by atoms with Crippen LogP contribution in [0, 0.1) is 5.41 Å². The number of likely N-dealkylation sites (tertiary alicyclic amines) is 1. The van der Waals surface area contributed by atoms with Crippen molar-refractivity contribution in [1.82, 2.24) is 15.1 Å². The highest BCUT2D eigenvalue weighted by atomic mass is 16.5. The molecular formula is C22H36N4O. The van der Waals surface area contributed by atoms with Crippen LogP contribution < -0.4 is 5.32 Å². The summed E-state index contributed by atoms with van der Waals surface area (Å²) in [6.45, 7) is 9.97. The maximum absolute atomic E-state index is 5.68. The van der Waals surface area contributed by atoms with Crippen LogP contribution in [-0.4, -0.2) is 69.2 Å². The minimum absolute atomic E-state index is 0.288. The summed E-state index contributed by atoms with van der Waals surface area (Å²) in [5, 5.41) is 3.51. The fourth-order valence-electron chi connectivity index (χ4n) is 4.23.